The monoisotopic (exact) mass is 255 g/mol. The summed E-state index contributed by atoms with van der Waals surface area (Å²) >= 11 is 0. The highest BCUT2D eigenvalue weighted by Crippen LogP contribution is 2.31. The third-order valence-electron chi connectivity index (χ3n) is 3.44. The molecule has 3 amide bonds. The molecular formula is C12H21N3O3. The smallest absolute Gasteiger partial charge is 0.317 e. The lowest BCUT2D eigenvalue weighted by atomic mass is 10.00. The number of urea groups is 1. The van der Waals surface area contributed by atoms with E-state index in [0.29, 0.717) is 19.5 Å². The van der Waals surface area contributed by atoms with Crippen LogP contribution in [0.1, 0.15) is 20.3 Å². The van der Waals surface area contributed by atoms with Crippen LogP contribution in [0.15, 0.2) is 0 Å². The zero-order chi connectivity index (χ0) is 13.3. The van der Waals surface area contributed by atoms with E-state index in [0.717, 1.165) is 0 Å². The zero-order valence-electron chi connectivity index (χ0n) is 11.1. The minimum Gasteiger partial charge on any atom is -0.370 e. The van der Waals surface area contributed by atoms with E-state index < -0.39 is 0 Å². The van der Waals surface area contributed by atoms with Gasteiger partial charge in [0.2, 0.25) is 5.91 Å². The summed E-state index contributed by atoms with van der Waals surface area (Å²) in [5, 5.41) is 5.53. The normalized spacial score (nSPS) is 30.4. The molecule has 2 aliphatic heterocycles. The molecule has 2 saturated heterocycles. The molecule has 2 N–H and O–H groups in total. The number of amides is 3. The van der Waals surface area contributed by atoms with Crippen molar-refractivity contribution in [3.8, 4) is 0 Å². The minimum atomic E-state index is -0.165. The first-order valence-corrected chi connectivity index (χ1v) is 6.43. The molecule has 0 unspecified atom stereocenters. The van der Waals surface area contributed by atoms with Gasteiger partial charge >= 0.3 is 6.03 Å². The summed E-state index contributed by atoms with van der Waals surface area (Å²) in [5.74, 6) is -0.120. The molecule has 0 aromatic heterocycles. The third kappa shape index (κ3) is 2.58. The van der Waals surface area contributed by atoms with Gasteiger partial charge in [-0.2, -0.15) is 0 Å². The number of hydrogen-bond donors (Lipinski definition) is 2. The molecule has 0 spiro atoms. The Kier molecular flexibility index (Phi) is 3.75. The summed E-state index contributed by atoms with van der Waals surface area (Å²) < 4.78 is 5.74. The molecule has 0 aromatic carbocycles. The molecular weight excluding hydrogens is 234 g/mol. The highest BCUT2D eigenvalue weighted by atomic mass is 16.5. The molecule has 0 saturated carbocycles. The third-order valence-corrected chi connectivity index (χ3v) is 3.44. The van der Waals surface area contributed by atoms with Crippen molar-refractivity contribution in [3.05, 3.63) is 0 Å². The number of rotatable bonds is 2. The lowest BCUT2D eigenvalue weighted by molar-refractivity contribution is -0.127. The SMILES string of the molecule is CNC(=O)[C@@H]1C[C@H]2CN(C(=O)NC(C)C)C[C@@H]1O2. The lowest BCUT2D eigenvalue weighted by Gasteiger charge is -2.33. The van der Waals surface area contributed by atoms with Gasteiger partial charge in [0.25, 0.3) is 0 Å². The van der Waals surface area contributed by atoms with Gasteiger partial charge in [-0.1, -0.05) is 0 Å². The van der Waals surface area contributed by atoms with Crippen molar-refractivity contribution >= 4 is 11.9 Å². The molecule has 0 aromatic rings. The molecule has 2 bridgehead atoms. The molecule has 2 fully saturated rings. The first kappa shape index (κ1) is 13.1. The predicted octanol–water partition coefficient (Wildman–Crippen LogP) is -0.0603. The van der Waals surface area contributed by atoms with E-state index in [4.69, 9.17) is 4.74 Å². The van der Waals surface area contributed by atoms with Crippen molar-refractivity contribution < 1.29 is 14.3 Å². The molecule has 0 aliphatic carbocycles. The summed E-state index contributed by atoms with van der Waals surface area (Å²) in [6, 6.07) is 0.0496. The predicted molar refractivity (Wildman–Crippen MR) is 66.1 cm³/mol. The fourth-order valence-corrected chi connectivity index (χ4v) is 2.62. The van der Waals surface area contributed by atoms with Crippen molar-refractivity contribution in [2.75, 3.05) is 20.1 Å². The second-order valence-corrected chi connectivity index (χ2v) is 5.26. The topological polar surface area (TPSA) is 70.7 Å². The second kappa shape index (κ2) is 5.14. The highest BCUT2D eigenvalue weighted by Gasteiger charge is 2.45. The van der Waals surface area contributed by atoms with E-state index in [1.807, 2.05) is 13.8 Å². The Hall–Kier alpha value is -1.30. The van der Waals surface area contributed by atoms with Crippen LogP contribution in [0.25, 0.3) is 0 Å². The van der Waals surface area contributed by atoms with Crippen LogP contribution >= 0.6 is 0 Å². The lowest BCUT2D eigenvalue weighted by Crippen LogP contribution is -2.52. The average molecular weight is 255 g/mol. The maximum atomic E-state index is 11.9. The highest BCUT2D eigenvalue weighted by molar-refractivity contribution is 5.80. The fourth-order valence-electron chi connectivity index (χ4n) is 2.62. The van der Waals surface area contributed by atoms with Crippen LogP contribution in [-0.4, -0.2) is 55.2 Å². The van der Waals surface area contributed by atoms with E-state index >= 15 is 0 Å². The van der Waals surface area contributed by atoms with Crippen LogP contribution in [0.5, 0.6) is 0 Å². The van der Waals surface area contributed by atoms with Gasteiger partial charge in [0.1, 0.15) is 0 Å². The van der Waals surface area contributed by atoms with E-state index in [9.17, 15) is 9.59 Å². The molecule has 0 radical (unpaired) electrons. The Morgan fingerprint density at radius 3 is 2.67 bits per heavy atom. The van der Waals surface area contributed by atoms with Crippen molar-refractivity contribution in [1.82, 2.24) is 15.5 Å². The van der Waals surface area contributed by atoms with Crippen LogP contribution < -0.4 is 10.6 Å². The molecule has 2 heterocycles. The number of carbonyl (C=O) groups is 2. The quantitative estimate of drug-likeness (QED) is 0.726. The van der Waals surface area contributed by atoms with E-state index in [2.05, 4.69) is 10.6 Å². The van der Waals surface area contributed by atoms with Crippen molar-refractivity contribution in [1.29, 1.82) is 0 Å². The number of fused-ring (bicyclic) bond motifs is 2. The molecule has 2 aliphatic rings. The molecule has 6 nitrogen and oxygen atoms in total. The number of ether oxygens (including phenoxy) is 1. The maximum absolute atomic E-state index is 11.9. The van der Waals surface area contributed by atoms with Crippen LogP contribution in [0.2, 0.25) is 0 Å². The Balaban J connectivity index is 1.97. The number of carbonyl (C=O) groups excluding carboxylic acids is 2. The summed E-state index contributed by atoms with van der Waals surface area (Å²) in [7, 11) is 1.63. The molecule has 18 heavy (non-hydrogen) atoms. The number of nitrogens with one attached hydrogen (secondary N) is 2. The first-order valence-electron chi connectivity index (χ1n) is 6.43. The van der Waals surface area contributed by atoms with Crippen molar-refractivity contribution in [2.45, 2.75) is 38.5 Å². The Morgan fingerprint density at radius 1 is 1.33 bits per heavy atom. The van der Waals surface area contributed by atoms with Crippen LogP contribution in [0, 0.1) is 5.92 Å². The first-order chi connectivity index (χ1) is 8.51. The number of morpholine rings is 1. The van der Waals surface area contributed by atoms with Gasteiger partial charge in [0.05, 0.1) is 18.1 Å². The maximum Gasteiger partial charge on any atom is 0.317 e. The fraction of sp³-hybridized carbons (Fsp3) is 0.833. The largest absolute Gasteiger partial charge is 0.370 e. The van der Waals surface area contributed by atoms with Crippen LogP contribution in [-0.2, 0) is 9.53 Å². The summed E-state index contributed by atoms with van der Waals surface area (Å²) in [4.78, 5) is 25.4. The van der Waals surface area contributed by atoms with Gasteiger partial charge in [-0.3, -0.25) is 4.79 Å². The summed E-state index contributed by atoms with van der Waals surface area (Å²) in [6.45, 7) is 4.93. The standard InChI is InChI=1S/C12H21N3O3/c1-7(2)14-12(17)15-5-8-4-9(11(16)13-3)10(6-15)18-8/h7-10H,4-6H2,1-3H3,(H,13,16)(H,14,17)/t8-,9+,10-/m0/s1. The van der Waals surface area contributed by atoms with Crippen molar-refractivity contribution in [2.24, 2.45) is 5.92 Å². The van der Waals surface area contributed by atoms with Gasteiger partial charge in [0, 0.05) is 26.2 Å². The van der Waals surface area contributed by atoms with Gasteiger partial charge in [0.15, 0.2) is 0 Å². The molecule has 6 heteroatoms. The summed E-state index contributed by atoms with van der Waals surface area (Å²) in [5.41, 5.74) is 0. The van der Waals surface area contributed by atoms with Crippen LogP contribution in [0.3, 0.4) is 0 Å². The molecule has 3 atom stereocenters. The second-order valence-electron chi connectivity index (χ2n) is 5.26. The van der Waals surface area contributed by atoms with Gasteiger partial charge in [-0.05, 0) is 20.3 Å². The number of hydrogen-bond acceptors (Lipinski definition) is 3. The Labute approximate surface area is 107 Å². The summed E-state index contributed by atoms with van der Waals surface area (Å²) in [6.07, 6.45) is 0.529. The number of likely N-dealkylation sites (tertiary alicyclic amines) is 1. The van der Waals surface area contributed by atoms with E-state index in [1.165, 1.54) is 0 Å². The van der Waals surface area contributed by atoms with Crippen LogP contribution in [0.4, 0.5) is 4.79 Å². The van der Waals surface area contributed by atoms with Gasteiger partial charge in [-0.25, -0.2) is 4.79 Å². The Bertz CT molecular complexity index is 345. The zero-order valence-corrected chi connectivity index (χ0v) is 11.1. The minimum absolute atomic E-state index is 0.00798. The molecule has 102 valence electrons. The van der Waals surface area contributed by atoms with Gasteiger partial charge in [-0.15, -0.1) is 0 Å². The van der Waals surface area contributed by atoms with E-state index in [1.54, 1.807) is 11.9 Å². The molecule has 2 rings (SSSR count). The van der Waals surface area contributed by atoms with Crippen molar-refractivity contribution in [3.63, 3.8) is 0 Å². The van der Waals surface area contributed by atoms with E-state index in [-0.39, 0.29) is 36.1 Å². The average Bonchev–Trinajstić information content (AvgIpc) is 2.62. The Morgan fingerprint density at radius 2 is 2.06 bits per heavy atom. The number of nitrogens with zero attached hydrogens (tertiary/aromatic N) is 1. The van der Waals surface area contributed by atoms with Gasteiger partial charge < -0.3 is 20.3 Å².